The van der Waals surface area contributed by atoms with Crippen molar-refractivity contribution in [3.8, 4) is 11.5 Å². The number of nitrogens with zero attached hydrogens (tertiary/aromatic N) is 1. The number of rotatable bonds is 7. The minimum atomic E-state index is -3.01. The van der Waals surface area contributed by atoms with E-state index in [1.807, 2.05) is 0 Å². The number of benzene rings is 2. The van der Waals surface area contributed by atoms with Crippen LogP contribution in [0.25, 0.3) is 0 Å². The zero-order valence-corrected chi connectivity index (χ0v) is 16.5. The molecule has 0 aliphatic carbocycles. The molecule has 3 rings (SSSR count). The third-order valence-corrected chi connectivity index (χ3v) is 4.63. The van der Waals surface area contributed by atoms with Gasteiger partial charge in [0.25, 0.3) is 11.8 Å². The lowest BCUT2D eigenvalue weighted by molar-refractivity contribution is -0.149. The van der Waals surface area contributed by atoms with Crippen LogP contribution in [0.4, 0.5) is 8.78 Å². The first-order chi connectivity index (χ1) is 14.2. The van der Waals surface area contributed by atoms with E-state index in [0.29, 0.717) is 5.56 Å². The van der Waals surface area contributed by atoms with Crippen LogP contribution in [-0.4, -0.2) is 42.4 Å². The summed E-state index contributed by atoms with van der Waals surface area (Å²) in [4.78, 5) is 38.5. The summed E-state index contributed by atoms with van der Waals surface area (Å²) in [5, 5.41) is 0. The lowest BCUT2D eigenvalue weighted by atomic mass is 10.1. The monoisotopic (exact) mass is 419 g/mol. The number of hydrogen-bond acceptors (Lipinski definition) is 6. The zero-order valence-electron chi connectivity index (χ0n) is 16.5. The Kier molecular flexibility index (Phi) is 6.00. The molecule has 2 aromatic rings. The van der Waals surface area contributed by atoms with Gasteiger partial charge in [0.1, 0.15) is 12.6 Å². The molecule has 7 nitrogen and oxygen atoms in total. The minimum Gasteiger partial charge on any atom is -0.493 e. The molecule has 1 aliphatic rings. The average molecular weight is 419 g/mol. The summed E-state index contributed by atoms with van der Waals surface area (Å²) >= 11 is 0. The maximum atomic E-state index is 12.6. The number of imide groups is 1. The molecule has 0 fully saturated rings. The molecular weight excluding hydrogens is 400 g/mol. The van der Waals surface area contributed by atoms with Gasteiger partial charge in [-0.05, 0) is 43.7 Å². The van der Waals surface area contributed by atoms with Gasteiger partial charge in [-0.3, -0.25) is 14.5 Å². The van der Waals surface area contributed by atoms with Gasteiger partial charge in [-0.1, -0.05) is 17.7 Å². The fourth-order valence-corrected chi connectivity index (χ4v) is 3.10. The zero-order chi connectivity index (χ0) is 22.0. The molecule has 2 amide bonds. The quantitative estimate of drug-likeness (QED) is 0.506. The van der Waals surface area contributed by atoms with Crippen LogP contribution in [0.3, 0.4) is 0 Å². The van der Waals surface area contributed by atoms with Gasteiger partial charge in [0, 0.05) is 0 Å². The molecule has 30 heavy (non-hydrogen) atoms. The standard InChI is InChI=1S/C21H19F2NO6/c1-11-4-6-14-15(8-11)19(26)24(18(14)25)12(2)20(27)29-10-13-5-7-16(30-21(22)23)17(9-13)28-3/h4-9,12,21H,10H2,1-3H3. The van der Waals surface area contributed by atoms with Crippen LogP contribution in [0, 0.1) is 6.92 Å². The number of halogens is 2. The van der Waals surface area contributed by atoms with Crippen LogP contribution in [-0.2, 0) is 16.1 Å². The molecule has 1 aliphatic heterocycles. The number of fused-ring (bicyclic) bond motifs is 1. The van der Waals surface area contributed by atoms with Crippen LogP contribution >= 0.6 is 0 Å². The molecule has 158 valence electrons. The van der Waals surface area contributed by atoms with Crippen LogP contribution in [0.5, 0.6) is 11.5 Å². The minimum absolute atomic E-state index is 0.0487. The second-order valence-corrected chi connectivity index (χ2v) is 6.68. The van der Waals surface area contributed by atoms with Crippen molar-refractivity contribution in [3.05, 3.63) is 58.7 Å². The first-order valence-electron chi connectivity index (χ1n) is 8.99. The number of esters is 1. The van der Waals surface area contributed by atoms with E-state index >= 15 is 0 Å². The van der Waals surface area contributed by atoms with Crippen molar-refractivity contribution >= 4 is 17.8 Å². The second-order valence-electron chi connectivity index (χ2n) is 6.68. The van der Waals surface area contributed by atoms with Crippen molar-refractivity contribution in [2.45, 2.75) is 33.1 Å². The van der Waals surface area contributed by atoms with Crippen LogP contribution in [0.1, 0.15) is 38.8 Å². The van der Waals surface area contributed by atoms with Gasteiger partial charge in [0.15, 0.2) is 11.5 Å². The Morgan fingerprint density at radius 1 is 1.03 bits per heavy atom. The van der Waals surface area contributed by atoms with E-state index in [2.05, 4.69) is 4.74 Å². The van der Waals surface area contributed by atoms with Gasteiger partial charge >= 0.3 is 12.6 Å². The van der Waals surface area contributed by atoms with E-state index in [-0.39, 0.29) is 29.2 Å². The predicted octanol–water partition coefficient (Wildman–Crippen LogP) is 3.33. The SMILES string of the molecule is COc1cc(COC(=O)C(C)N2C(=O)c3ccc(C)cc3C2=O)ccc1OC(F)F. The summed E-state index contributed by atoms with van der Waals surface area (Å²) in [5.74, 6) is -2.01. The first kappa shape index (κ1) is 21.2. The molecule has 0 saturated heterocycles. The van der Waals surface area contributed by atoms with Crippen molar-refractivity contribution in [1.29, 1.82) is 0 Å². The lowest BCUT2D eigenvalue weighted by Gasteiger charge is -2.21. The molecule has 0 radical (unpaired) electrons. The molecule has 2 aromatic carbocycles. The molecule has 1 atom stereocenters. The Balaban J connectivity index is 1.68. The van der Waals surface area contributed by atoms with Crippen LogP contribution in [0.15, 0.2) is 36.4 Å². The summed E-state index contributed by atoms with van der Waals surface area (Å²) in [6.45, 7) is -0.0233. The Morgan fingerprint density at radius 3 is 2.40 bits per heavy atom. The summed E-state index contributed by atoms with van der Waals surface area (Å²) in [6.07, 6.45) is 0. The van der Waals surface area contributed by atoms with Gasteiger partial charge in [-0.2, -0.15) is 8.78 Å². The Morgan fingerprint density at radius 2 is 1.73 bits per heavy atom. The Bertz CT molecular complexity index is 1010. The third-order valence-electron chi connectivity index (χ3n) is 4.63. The van der Waals surface area contributed by atoms with Crippen molar-refractivity contribution in [1.82, 2.24) is 4.90 Å². The first-order valence-corrected chi connectivity index (χ1v) is 8.99. The van der Waals surface area contributed by atoms with Crippen LogP contribution in [0.2, 0.25) is 0 Å². The van der Waals surface area contributed by atoms with Gasteiger partial charge in [-0.15, -0.1) is 0 Å². The van der Waals surface area contributed by atoms with Gasteiger partial charge in [0.2, 0.25) is 0 Å². The summed E-state index contributed by atoms with van der Waals surface area (Å²) in [6, 6.07) is 7.82. The Labute approximate surface area is 171 Å². The second kappa shape index (κ2) is 8.48. The maximum Gasteiger partial charge on any atom is 0.387 e. The number of ether oxygens (including phenoxy) is 3. The fraction of sp³-hybridized carbons (Fsp3) is 0.286. The molecule has 9 heteroatoms. The van der Waals surface area contributed by atoms with E-state index in [1.54, 1.807) is 25.1 Å². The Hall–Kier alpha value is -3.49. The van der Waals surface area contributed by atoms with Crippen molar-refractivity contribution < 1.29 is 37.4 Å². The molecule has 0 saturated carbocycles. The van der Waals surface area contributed by atoms with E-state index in [9.17, 15) is 23.2 Å². The van der Waals surface area contributed by atoms with Crippen molar-refractivity contribution in [2.24, 2.45) is 0 Å². The highest BCUT2D eigenvalue weighted by molar-refractivity contribution is 6.22. The largest absolute Gasteiger partial charge is 0.493 e. The van der Waals surface area contributed by atoms with Gasteiger partial charge in [0.05, 0.1) is 18.2 Å². The number of carbonyl (C=O) groups is 3. The maximum absolute atomic E-state index is 12.6. The summed E-state index contributed by atoms with van der Waals surface area (Å²) in [7, 11) is 1.29. The molecular formula is C21H19F2NO6. The lowest BCUT2D eigenvalue weighted by Crippen LogP contribution is -2.43. The fourth-order valence-electron chi connectivity index (χ4n) is 3.10. The van der Waals surface area contributed by atoms with Gasteiger partial charge in [-0.25, -0.2) is 4.79 Å². The number of hydrogen-bond donors (Lipinski definition) is 0. The smallest absolute Gasteiger partial charge is 0.387 e. The van der Waals surface area contributed by atoms with Crippen molar-refractivity contribution in [3.63, 3.8) is 0 Å². The average Bonchev–Trinajstić information content (AvgIpc) is 2.95. The molecule has 0 spiro atoms. The highest BCUT2D eigenvalue weighted by atomic mass is 19.3. The highest BCUT2D eigenvalue weighted by Gasteiger charge is 2.41. The predicted molar refractivity (Wildman–Crippen MR) is 101 cm³/mol. The third kappa shape index (κ3) is 4.10. The number of amides is 2. The van der Waals surface area contributed by atoms with Crippen molar-refractivity contribution in [2.75, 3.05) is 7.11 Å². The number of methoxy groups -OCH3 is 1. The molecule has 1 heterocycles. The molecule has 0 N–H and O–H groups in total. The number of carbonyl (C=O) groups excluding carboxylic acids is 3. The van der Waals surface area contributed by atoms with E-state index in [0.717, 1.165) is 10.5 Å². The van der Waals surface area contributed by atoms with Crippen LogP contribution < -0.4 is 9.47 Å². The van der Waals surface area contributed by atoms with E-state index in [4.69, 9.17) is 9.47 Å². The summed E-state index contributed by atoms with van der Waals surface area (Å²) < 4.78 is 39.4. The molecule has 0 bridgehead atoms. The molecule has 1 unspecified atom stereocenters. The highest BCUT2D eigenvalue weighted by Crippen LogP contribution is 2.30. The summed E-state index contributed by atoms with van der Waals surface area (Å²) in [5.41, 5.74) is 1.76. The topological polar surface area (TPSA) is 82.1 Å². The van der Waals surface area contributed by atoms with E-state index in [1.165, 1.54) is 32.2 Å². The molecule has 0 aromatic heterocycles. The van der Waals surface area contributed by atoms with Gasteiger partial charge < -0.3 is 14.2 Å². The normalized spacial score (nSPS) is 14.0. The number of alkyl halides is 2. The van der Waals surface area contributed by atoms with E-state index < -0.39 is 30.4 Å². The number of aryl methyl sites for hydroxylation is 1.